The van der Waals surface area contributed by atoms with Gasteiger partial charge >= 0.3 is 0 Å². The van der Waals surface area contributed by atoms with E-state index >= 15 is 0 Å². The van der Waals surface area contributed by atoms with Gasteiger partial charge in [-0.2, -0.15) is 5.26 Å². The lowest BCUT2D eigenvalue weighted by Gasteiger charge is -2.55. The lowest BCUT2D eigenvalue weighted by molar-refractivity contribution is -0.113. The molecule has 3 rings (SSSR count). The Kier molecular flexibility index (Phi) is 3.08. The van der Waals surface area contributed by atoms with Gasteiger partial charge in [-0.25, -0.2) is 0 Å². The Balaban J connectivity index is 1.65. The molecular weight excluding hydrogens is 236 g/mol. The van der Waals surface area contributed by atoms with Gasteiger partial charge in [-0.1, -0.05) is 26.0 Å². The monoisotopic (exact) mass is 256 g/mol. The average Bonchev–Trinajstić information content (AvgIpc) is 2.86. The summed E-state index contributed by atoms with van der Waals surface area (Å²) in [6.07, 6.45) is 1.60. The Morgan fingerprint density at radius 1 is 1.47 bits per heavy atom. The van der Waals surface area contributed by atoms with Crippen molar-refractivity contribution < 1.29 is 4.74 Å². The molecular formula is C16H20N2O. The van der Waals surface area contributed by atoms with Crippen molar-refractivity contribution in [3.63, 3.8) is 0 Å². The number of nitriles is 1. The summed E-state index contributed by atoms with van der Waals surface area (Å²) in [4.78, 5) is 0. The quantitative estimate of drug-likeness (QED) is 0.903. The van der Waals surface area contributed by atoms with Crippen LogP contribution in [0.1, 0.15) is 31.4 Å². The summed E-state index contributed by atoms with van der Waals surface area (Å²) in [7, 11) is 0. The number of fused-ring (bicyclic) bond motifs is 1. The van der Waals surface area contributed by atoms with Crippen molar-refractivity contribution in [2.75, 3.05) is 6.61 Å². The Hall–Kier alpha value is -1.37. The Morgan fingerprint density at radius 2 is 2.32 bits per heavy atom. The van der Waals surface area contributed by atoms with Crippen molar-refractivity contribution in [3.05, 3.63) is 35.4 Å². The molecule has 0 aromatic heterocycles. The fraction of sp³-hybridized carbons (Fsp3) is 0.562. The highest BCUT2D eigenvalue weighted by atomic mass is 16.5. The van der Waals surface area contributed by atoms with Gasteiger partial charge in [0.15, 0.2) is 0 Å². The van der Waals surface area contributed by atoms with Gasteiger partial charge in [-0.05, 0) is 24.1 Å². The molecule has 100 valence electrons. The summed E-state index contributed by atoms with van der Waals surface area (Å²) in [5.74, 6) is 0.661. The second-order valence-electron chi connectivity index (χ2n) is 6.24. The van der Waals surface area contributed by atoms with Crippen molar-refractivity contribution >= 4 is 0 Å². The van der Waals surface area contributed by atoms with Gasteiger partial charge in [-0.3, -0.25) is 0 Å². The van der Waals surface area contributed by atoms with Gasteiger partial charge in [0.25, 0.3) is 0 Å². The van der Waals surface area contributed by atoms with Gasteiger partial charge in [0.1, 0.15) is 0 Å². The van der Waals surface area contributed by atoms with Crippen LogP contribution in [-0.2, 0) is 11.3 Å². The summed E-state index contributed by atoms with van der Waals surface area (Å²) in [6.45, 7) is 6.29. The normalized spacial score (nSPS) is 31.3. The zero-order valence-corrected chi connectivity index (χ0v) is 11.5. The molecule has 1 aromatic carbocycles. The second-order valence-corrected chi connectivity index (χ2v) is 6.24. The third-order valence-corrected chi connectivity index (χ3v) is 4.68. The molecule has 3 heteroatoms. The maximum absolute atomic E-state index is 8.92. The molecule has 2 fully saturated rings. The molecule has 0 bridgehead atoms. The predicted molar refractivity (Wildman–Crippen MR) is 73.4 cm³/mol. The smallest absolute Gasteiger partial charge is 0.0991 e. The van der Waals surface area contributed by atoms with Crippen LogP contribution in [0.3, 0.4) is 0 Å². The van der Waals surface area contributed by atoms with Gasteiger partial charge in [0.2, 0.25) is 0 Å². The molecule has 3 nitrogen and oxygen atoms in total. The second kappa shape index (κ2) is 4.63. The fourth-order valence-corrected chi connectivity index (χ4v) is 3.72. The minimum atomic E-state index is 0.216. The first kappa shape index (κ1) is 12.7. The van der Waals surface area contributed by atoms with Crippen LogP contribution in [0.15, 0.2) is 24.3 Å². The minimum absolute atomic E-state index is 0.216. The van der Waals surface area contributed by atoms with Crippen molar-refractivity contribution in [2.24, 2.45) is 11.3 Å². The molecule has 1 saturated heterocycles. The summed E-state index contributed by atoms with van der Waals surface area (Å²) in [5, 5.41) is 12.6. The number of ether oxygens (including phenoxy) is 1. The summed E-state index contributed by atoms with van der Waals surface area (Å²) in [6, 6.07) is 10.5. The molecule has 1 saturated carbocycles. The predicted octanol–water partition coefficient (Wildman–Crippen LogP) is 2.46. The third kappa shape index (κ3) is 2.05. The van der Waals surface area contributed by atoms with Gasteiger partial charge in [0.05, 0.1) is 17.7 Å². The van der Waals surface area contributed by atoms with Crippen molar-refractivity contribution in [1.82, 2.24) is 5.32 Å². The topological polar surface area (TPSA) is 45.0 Å². The standard InChI is InChI=1S/C16H20N2O/c1-16(2)14(13-6-7-19-15(13)16)18-10-12-5-3-4-11(8-12)9-17/h3-5,8,13-15,18H,6-7,10H2,1-2H3. The van der Waals surface area contributed by atoms with Gasteiger partial charge < -0.3 is 10.1 Å². The lowest BCUT2D eigenvalue weighted by Crippen LogP contribution is -2.65. The fourth-order valence-electron chi connectivity index (χ4n) is 3.72. The summed E-state index contributed by atoms with van der Waals surface area (Å²) in [5.41, 5.74) is 2.13. The third-order valence-electron chi connectivity index (χ3n) is 4.68. The Bertz CT molecular complexity index is 518. The first-order valence-corrected chi connectivity index (χ1v) is 6.97. The molecule has 2 aliphatic rings. The molecule has 0 spiro atoms. The van der Waals surface area contributed by atoms with Gasteiger partial charge in [-0.15, -0.1) is 0 Å². The molecule has 0 radical (unpaired) electrons. The SMILES string of the molecule is CC1(C)C(NCc2cccc(C#N)c2)C2CCOC21. The van der Waals surface area contributed by atoms with Gasteiger partial charge in [0, 0.05) is 30.5 Å². The van der Waals surface area contributed by atoms with Crippen LogP contribution < -0.4 is 5.32 Å². The zero-order chi connectivity index (χ0) is 13.5. The highest BCUT2D eigenvalue weighted by Crippen LogP contribution is 2.52. The van der Waals surface area contributed by atoms with E-state index in [1.54, 1.807) is 0 Å². The number of nitrogens with one attached hydrogen (secondary N) is 1. The van der Waals surface area contributed by atoms with E-state index in [1.807, 2.05) is 18.2 Å². The van der Waals surface area contributed by atoms with E-state index in [2.05, 4.69) is 31.3 Å². The maximum atomic E-state index is 8.92. The molecule has 1 heterocycles. The Morgan fingerprint density at radius 3 is 3.11 bits per heavy atom. The molecule has 1 aromatic rings. The van der Waals surface area contributed by atoms with Crippen LogP contribution in [-0.4, -0.2) is 18.8 Å². The Labute approximate surface area is 114 Å². The lowest BCUT2D eigenvalue weighted by atomic mass is 9.57. The zero-order valence-electron chi connectivity index (χ0n) is 11.5. The highest BCUT2D eigenvalue weighted by molar-refractivity contribution is 5.32. The molecule has 1 aliphatic heterocycles. The van der Waals surface area contributed by atoms with Crippen molar-refractivity contribution in [1.29, 1.82) is 5.26 Å². The number of benzene rings is 1. The van der Waals surface area contributed by atoms with E-state index in [-0.39, 0.29) is 5.41 Å². The van der Waals surface area contributed by atoms with Crippen LogP contribution in [0.25, 0.3) is 0 Å². The van der Waals surface area contributed by atoms with E-state index in [0.717, 1.165) is 18.7 Å². The molecule has 3 atom stereocenters. The first-order valence-electron chi connectivity index (χ1n) is 6.97. The summed E-state index contributed by atoms with van der Waals surface area (Å²) >= 11 is 0. The number of nitrogens with zero attached hydrogens (tertiary/aromatic N) is 1. The summed E-state index contributed by atoms with van der Waals surface area (Å²) < 4.78 is 5.80. The van der Waals surface area contributed by atoms with E-state index < -0.39 is 0 Å². The van der Waals surface area contributed by atoms with E-state index in [1.165, 1.54) is 12.0 Å². The molecule has 0 amide bonds. The van der Waals surface area contributed by atoms with Crippen LogP contribution in [0, 0.1) is 22.7 Å². The highest BCUT2D eigenvalue weighted by Gasteiger charge is 2.58. The number of hydrogen-bond acceptors (Lipinski definition) is 3. The maximum Gasteiger partial charge on any atom is 0.0991 e. The first-order chi connectivity index (χ1) is 9.13. The minimum Gasteiger partial charge on any atom is -0.377 e. The van der Waals surface area contributed by atoms with Crippen LogP contribution in [0.5, 0.6) is 0 Å². The molecule has 1 N–H and O–H groups in total. The van der Waals surface area contributed by atoms with Crippen molar-refractivity contribution in [3.8, 4) is 6.07 Å². The number of hydrogen-bond donors (Lipinski definition) is 1. The van der Waals surface area contributed by atoms with E-state index in [4.69, 9.17) is 10.00 Å². The van der Waals surface area contributed by atoms with Crippen LogP contribution >= 0.6 is 0 Å². The van der Waals surface area contributed by atoms with Crippen LogP contribution in [0.2, 0.25) is 0 Å². The van der Waals surface area contributed by atoms with E-state index in [9.17, 15) is 0 Å². The molecule has 19 heavy (non-hydrogen) atoms. The molecule has 1 aliphatic carbocycles. The number of rotatable bonds is 3. The molecule has 3 unspecified atom stereocenters. The largest absolute Gasteiger partial charge is 0.377 e. The van der Waals surface area contributed by atoms with Crippen molar-refractivity contribution in [2.45, 2.75) is 39.0 Å². The van der Waals surface area contributed by atoms with Crippen LogP contribution in [0.4, 0.5) is 0 Å². The average molecular weight is 256 g/mol. The van der Waals surface area contributed by atoms with E-state index in [0.29, 0.717) is 18.1 Å².